The van der Waals surface area contributed by atoms with Crippen LogP contribution < -0.4 is 0 Å². The average Bonchev–Trinajstić information content (AvgIpc) is 4.00. The molecule has 0 radical (unpaired) electrons. The molecule has 0 amide bonds. The summed E-state index contributed by atoms with van der Waals surface area (Å²) in [6, 6.07) is 68.5. The molecular weight excluding hydrogens is 765 g/mol. The number of aromatic nitrogens is 4. The van der Waals surface area contributed by atoms with E-state index in [1.165, 1.54) is 37.0 Å². The normalized spacial score (nSPS) is 11.9. The fraction of sp³-hybridized carbons (Fsp3) is 0. The van der Waals surface area contributed by atoms with Gasteiger partial charge < -0.3 is 8.98 Å². The van der Waals surface area contributed by atoms with Crippen LogP contribution in [0.25, 0.3) is 126 Å². The van der Waals surface area contributed by atoms with Gasteiger partial charge in [-0.25, -0.2) is 15.0 Å². The minimum atomic E-state index is 0.573. The van der Waals surface area contributed by atoms with Crippen molar-refractivity contribution >= 4 is 86.0 Å². The summed E-state index contributed by atoms with van der Waals surface area (Å²) < 4.78 is 11.4. The van der Waals surface area contributed by atoms with E-state index in [9.17, 15) is 0 Å². The molecule has 0 fully saturated rings. The molecule has 4 heterocycles. The predicted octanol–water partition coefficient (Wildman–Crippen LogP) is 15.1. The van der Waals surface area contributed by atoms with Gasteiger partial charge in [-0.2, -0.15) is 0 Å². The van der Waals surface area contributed by atoms with Crippen molar-refractivity contribution in [2.45, 2.75) is 0 Å². The molecule has 5 nitrogen and oxygen atoms in total. The topological polar surface area (TPSA) is 56.7 Å². The number of furan rings is 1. The van der Waals surface area contributed by atoms with Gasteiger partial charge in [-0.3, -0.25) is 0 Å². The molecule has 0 aliphatic heterocycles. The summed E-state index contributed by atoms with van der Waals surface area (Å²) in [6.07, 6.45) is 0. The Hall–Kier alpha value is -7.93. The zero-order valence-electron chi connectivity index (χ0n) is 32.6. The van der Waals surface area contributed by atoms with Crippen molar-refractivity contribution in [1.29, 1.82) is 0 Å². The van der Waals surface area contributed by atoms with E-state index in [1.54, 1.807) is 11.3 Å². The Bertz CT molecular complexity index is 3880. The maximum Gasteiger partial charge on any atom is 0.166 e. The van der Waals surface area contributed by atoms with Gasteiger partial charge in [-0.15, -0.1) is 11.3 Å². The van der Waals surface area contributed by atoms with Crippen molar-refractivity contribution in [3.63, 3.8) is 0 Å². The van der Waals surface area contributed by atoms with Crippen LogP contribution in [0.15, 0.2) is 199 Å². The van der Waals surface area contributed by atoms with E-state index in [-0.39, 0.29) is 0 Å². The van der Waals surface area contributed by atoms with E-state index in [0.29, 0.717) is 17.5 Å². The largest absolute Gasteiger partial charge is 0.456 e. The highest BCUT2D eigenvalue weighted by molar-refractivity contribution is 7.26. The molecule has 0 atom stereocenters. The number of hydrogen-bond acceptors (Lipinski definition) is 5. The van der Waals surface area contributed by atoms with E-state index < -0.39 is 0 Å². The van der Waals surface area contributed by atoms with Crippen LogP contribution in [-0.2, 0) is 0 Å². The molecule has 0 saturated carbocycles. The van der Waals surface area contributed by atoms with Crippen molar-refractivity contribution in [2.75, 3.05) is 0 Å². The molecule has 4 aromatic heterocycles. The molecule has 0 unspecified atom stereocenters. The SMILES string of the molecule is c1ccc(-c2ccc(-c3nc(-c4cccc5c4sc4ccccc45)nc(-c4c(-n5c6ccccc6c6cc7ccccc7cc65)ccc5oc6ccccc6c45)n3)cc2)cc1. The smallest absolute Gasteiger partial charge is 0.166 e. The number of para-hydroxylation sites is 2. The second-order valence-corrected chi connectivity index (χ2v) is 16.6. The van der Waals surface area contributed by atoms with Crippen LogP contribution in [-0.4, -0.2) is 19.5 Å². The molecule has 284 valence electrons. The number of hydrogen-bond donors (Lipinski definition) is 0. The molecule has 0 N–H and O–H groups in total. The van der Waals surface area contributed by atoms with E-state index in [2.05, 4.69) is 180 Å². The Morgan fingerprint density at radius 2 is 1.07 bits per heavy atom. The molecule has 13 aromatic rings. The maximum atomic E-state index is 6.62. The highest BCUT2D eigenvalue weighted by Crippen LogP contribution is 2.45. The minimum Gasteiger partial charge on any atom is -0.456 e. The molecule has 0 spiro atoms. The summed E-state index contributed by atoms with van der Waals surface area (Å²) in [5.74, 6) is 1.79. The van der Waals surface area contributed by atoms with Crippen molar-refractivity contribution in [3.8, 4) is 51.0 Å². The lowest BCUT2D eigenvalue weighted by molar-refractivity contribution is 0.669. The quantitative estimate of drug-likeness (QED) is 0.174. The number of rotatable bonds is 5. The van der Waals surface area contributed by atoms with Gasteiger partial charge in [0.05, 0.1) is 22.3 Å². The second kappa shape index (κ2) is 13.3. The van der Waals surface area contributed by atoms with E-state index in [4.69, 9.17) is 19.4 Å². The third kappa shape index (κ3) is 5.29. The van der Waals surface area contributed by atoms with Gasteiger partial charge in [0.2, 0.25) is 0 Å². The van der Waals surface area contributed by atoms with E-state index in [0.717, 1.165) is 71.2 Å². The lowest BCUT2D eigenvalue weighted by atomic mass is 10.0. The summed E-state index contributed by atoms with van der Waals surface area (Å²) in [7, 11) is 0. The van der Waals surface area contributed by atoms with Gasteiger partial charge in [0.15, 0.2) is 17.5 Å². The first-order valence-electron chi connectivity index (χ1n) is 20.4. The van der Waals surface area contributed by atoms with Crippen LogP contribution in [0.4, 0.5) is 0 Å². The van der Waals surface area contributed by atoms with Crippen LogP contribution in [0.1, 0.15) is 0 Å². The zero-order chi connectivity index (χ0) is 40.0. The second-order valence-electron chi connectivity index (χ2n) is 15.5. The van der Waals surface area contributed by atoms with Crippen LogP contribution in [0.3, 0.4) is 0 Å². The molecular formula is C55H32N4OS. The third-order valence-corrected chi connectivity index (χ3v) is 13.3. The van der Waals surface area contributed by atoms with Gasteiger partial charge >= 0.3 is 0 Å². The van der Waals surface area contributed by atoms with Gasteiger partial charge in [0, 0.05) is 52.8 Å². The number of benzene rings is 9. The molecule has 61 heavy (non-hydrogen) atoms. The van der Waals surface area contributed by atoms with Gasteiger partial charge in [0.1, 0.15) is 11.2 Å². The Morgan fingerprint density at radius 3 is 1.93 bits per heavy atom. The first kappa shape index (κ1) is 34.0. The third-order valence-electron chi connectivity index (χ3n) is 12.1. The highest BCUT2D eigenvalue weighted by atomic mass is 32.1. The standard InChI is InChI=1S/C55H32N4OS/c1-2-13-33(14-3-1)34-25-27-35(28-26-34)53-56-54(42-21-12-20-40-39-18-8-11-24-49(39)61-52(40)42)58-55(57-53)51-45(29-30-48-50(51)41-19-7-10-23-47(41)60-48)59-44-22-9-6-17-38(44)43-31-36-15-4-5-16-37(36)32-46(43)59/h1-32H. The van der Waals surface area contributed by atoms with Crippen LogP contribution in [0, 0.1) is 0 Å². The summed E-state index contributed by atoms with van der Waals surface area (Å²) in [5.41, 5.74) is 9.79. The van der Waals surface area contributed by atoms with Crippen molar-refractivity contribution in [2.24, 2.45) is 0 Å². The Labute approximate surface area is 353 Å². The van der Waals surface area contributed by atoms with Crippen molar-refractivity contribution in [1.82, 2.24) is 19.5 Å². The lowest BCUT2D eigenvalue weighted by Crippen LogP contribution is -2.04. The first-order chi connectivity index (χ1) is 30.2. The van der Waals surface area contributed by atoms with E-state index in [1.807, 2.05) is 18.2 Å². The Balaban J connectivity index is 1.15. The van der Waals surface area contributed by atoms with Gasteiger partial charge in [-0.1, -0.05) is 146 Å². The molecule has 9 aromatic carbocycles. The molecule has 0 aliphatic rings. The Morgan fingerprint density at radius 1 is 0.410 bits per heavy atom. The van der Waals surface area contributed by atoms with Gasteiger partial charge in [-0.05, 0) is 70.4 Å². The zero-order valence-corrected chi connectivity index (χ0v) is 33.4. The number of fused-ring (bicyclic) bond motifs is 10. The Kier molecular flexibility index (Phi) is 7.41. The van der Waals surface area contributed by atoms with Crippen molar-refractivity contribution < 1.29 is 4.42 Å². The predicted molar refractivity (Wildman–Crippen MR) is 254 cm³/mol. The summed E-state index contributed by atoms with van der Waals surface area (Å²) >= 11 is 1.78. The van der Waals surface area contributed by atoms with Crippen LogP contribution in [0.5, 0.6) is 0 Å². The number of thiophene rings is 1. The van der Waals surface area contributed by atoms with Crippen molar-refractivity contribution in [3.05, 3.63) is 194 Å². The first-order valence-corrected chi connectivity index (χ1v) is 21.2. The molecule has 0 bridgehead atoms. The molecule has 0 aliphatic carbocycles. The summed E-state index contributed by atoms with van der Waals surface area (Å²) in [6.45, 7) is 0. The number of nitrogens with zero attached hydrogens (tertiary/aromatic N) is 4. The molecule has 13 rings (SSSR count). The summed E-state index contributed by atoms with van der Waals surface area (Å²) in [4.78, 5) is 16.3. The van der Waals surface area contributed by atoms with Gasteiger partial charge in [0.25, 0.3) is 0 Å². The maximum absolute atomic E-state index is 6.62. The fourth-order valence-corrected chi connectivity index (χ4v) is 10.4. The molecule has 0 saturated heterocycles. The average molecular weight is 797 g/mol. The van der Waals surface area contributed by atoms with Crippen LogP contribution in [0.2, 0.25) is 0 Å². The highest BCUT2D eigenvalue weighted by Gasteiger charge is 2.25. The fourth-order valence-electron chi connectivity index (χ4n) is 9.24. The van der Waals surface area contributed by atoms with E-state index >= 15 is 0 Å². The van der Waals surface area contributed by atoms with Crippen LogP contribution >= 0.6 is 11.3 Å². The summed E-state index contributed by atoms with van der Waals surface area (Å²) in [5, 5.41) is 9.12. The molecule has 6 heteroatoms. The monoisotopic (exact) mass is 796 g/mol. The minimum absolute atomic E-state index is 0.573. The lowest BCUT2D eigenvalue weighted by Gasteiger charge is -2.16.